The van der Waals surface area contributed by atoms with Crippen molar-refractivity contribution < 1.29 is 9.53 Å². The van der Waals surface area contributed by atoms with Crippen LogP contribution in [0.15, 0.2) is 24.4 Å². The fraction of sp³-hybridized carbons (Fsp3) is 0.571. The van der Waals surface area contributed by atoms with Gasteiger partial charge in [0, 0.05) is 34.7 Å². The number of carbonyl (C=O) groups is 1. The molecule has 1 heterocycles. The summed E-state index contributed by atoms with van der Waals surface area (Å²) in [6.45, 7) is 6.76. The second-order valence-electron chi connectivity index (χ2n) is 12.1. The average Bonchev–Trinajstić information content (AvgIpc) is 2.83. The van der Waals surface area contributed by atoms with Crippen molar-refractivity contribution in [1.82, 2.24) is 15.3 Å². The maximum atomic E-state index is 12.5. The zero-order valence-electron chi connectivity index (χ0n) is 22.0. The Morgan fingerprint density at radius 1 is 1.16 bits per heavy atom. The standard InChI is InChI=1S/C28H34Cl2N6O2/c1-27(2,3)38-26(37)35-23-17-7-16-8-18(23)11-28(9-16,10-17)15-34-24-19(12-31)13-32-25(36-24)33-14-20-21(29)5-4-6-22(20)30/h4-6,13,16-18,23H,7-11,14-15H2,1-3H3,(H,35,37)(H2,32,33,34,36)/t16?,17-,18+,23?,28?. The van der Waals surface area contributed by atoms with Crippen LogP contribution in [0.1, 0.15) is 64.0 Å². The van der Waals surface area contributed by atoms with Crippen LogP contribution in [0.4, 0.5) is 16.6 Å². The number of aromatic nitrogens is 2. The van der Waals surface area contributed by atoms with Crippen molar-refractivity contribution in [3.05, 3.63) is 45.6 Å². The van der Waals surface area contributed by atoms with E-state index in [-0.39, 0.29) is 17.6 Å². The number of ether oxygens (including phenoxy) is 1. The number of halogens is 2. The highest BCUT2D eigenvalue weighted by Crippen LogP contribution is 2.60. The first-order chi connectivity index (χ1) is 18.0. The first-order valence-corrected chi connectivity index (χ1v) is 14.0. The Hall–Kier alpha value is -2.76. The number of hydrogen-bond acceptors (Lipinski definition) is 7. The summed E-state index contributed by atoms with van der Waals surface area (Å²) in [5.41, 5.74) is 0.783. The van der Waals surface area contributed by atoms with Crippen molar-refractivity contribution in [1.29, 1.82) is 5.26 Å². The number of nitriles is 1. The van der Waals surface area contributed by atoms with Gasteiger partial charge >= 0.3 is 6.09 Å². The van der Waals surface area contributed by atoms with Crippen LogP contribution in [-0.2, 0) is 11.3 Å². The van der Waals surface area contributed by atoms with Gasteiger partial charge < -0.3 is 20.7 Å². The first-order valence-electron chi connectivity index (χ1n) is 13.2. The van der Waals surface area contributed by atoms with Crippen LogP contribution in [-0.4, -0.2) is 34.2 Å². The average molecular weight is 558 g/mol. The first kappa shape index (κ1) is 26.8. The van der Waals surface area contributed by atoms with E-state index in [0.717, 1.165) is 44.2 Å². The van der Waals surface area contributed by atoms with E-state index in [9.17, 15) is 10.1 Å². The molecular formula is C28H34Cl2N6O2. The predicted molar refractivity (Wildman–Crippen MR) is 148 cm³/mol. The molecule has 4 aliphatic carbocycles. The molecule has 0 saturated heterocycles. The minimum absolute atomic E-state index is 0.124. The van der Waals surface area contributed by atoms with Gasteiger partial charge in [-0.1, -0.05) is 29.3 Å². The minimum Gasteiger partial charge on any atom is -0.444 e. The molecule has 8 nitrogen and oxygen atoms in total. The van der Waals surface area contributed by atoms with Crippen molar-refractivity contribution in [2.24, 2.45) is 23.2 Å². The van der Waals surface area contributed by atoms with Crippen LogP contribution >= 0.6 is 23.2 Å². The lowest BCUT2D eigenvalue weighted by Gasteiger charge is -2.60. The number of anilines is 2. The van der Waals surface area contributed by atoms with Gasteiger partial charge in [-0.05, 0) is 88.2 Å². The molecule has 202 valence electrons. The van der Waals surface area contributed by atoms with Gasteiger partial charge in [-0.15, -0.1) is 0 Å². The molecule has 0 aliphatic heterocycles. The van der Waals surface area contributed by atoms with Gasteiger partial charge in [-0.3, -0.25) is 0 Å². The summed E-state index contributed by atoms with van der Waals surface area (Å²) in [5, 5.41) is 20.7. The molecule has 4 fully saturated rings. The number of nitrogens with zero attached hydrogens (tertiary/aromatic N) is 3. The van der Waals surface area contributed by atoms with E-state index in [1.807, 2.05) is 20.8 Å². The SMILES string of the molecule is CC(C)(C)OC(=O)NC1[C@@H]2CC3C[C@H]1CC(CNc1nc(NCc4c(Cl)cccc4Cl)ncc1C#N)(C3)C2. The third-order valence-electron chi connectivity index (χ3n) is 8.11. The monoisotopic (exact) mass is 556 g/mol. The van der Waals surface area contributed by atoms with Crippen molar-refractivity contribution in [2.75, 3.05) is 17.2 Å². The maximum Gasteiger partial charge on any atom is 0.407 e. The molecule has 1 aromatic heterocycles. The molecule has 1 aromatic carbocycles. The second-order valence-corrected chi connectivity index (χ2v) is 12.9. The van der Waals surface area contributed by atoms with Crippen molar-refractivity contribution >= 4 is 41.1 Å². The molecule has 0 radical (unpaired) electrons. The molecule has 6 rings (SSSR count). The number of benzene rings is 1. The molecular weight excluding hydrogens is 523 g/mol. The fourth-order valence-electron chi connectivity index (χ4n) is 6.91. The van der Waals surface area contributed by atoms with Crippen LogP contribution in [0.3, 0.4) is 0 Å². The van der Waals surface area contributed by atoms with E-state index in [2.05, 4.69) is 32.0 Å². The van der Waals surface area contributed by atoms with Gasteiger partial charge in [0.05, 0.1) is 6.20 Å². The number of rotatable bonds is 7. The van der Waals surface area contributed by atoms with Crippen molar-refractivity contribution in [2.45, 2.75) is 71.1 Å². The number of alkyl carbamates (subject to hydrolysis) is 1. The van der Waals surface area contributed by atoms with E-state index < -0.39 is 5.60 Å². The van der Waals surface area contributed by atoms with E-state index >= 15 is 0 Å². The van der Waals surface area contributed by atoms with Crippen LogP contribution in [0, 0.1) is 34.5 Å². The van der Waals surface area contributed by atoms with E-state index in [0.29, 0.717) is 51.7 Å². The highest BCUT2D eigenvalue weighted by atomic mass is 35.5. The highest BCUT2D eigenvalue weighted by Gasteiger charge is 2.55. The van der Waals surface area contributed by atoms with Crippen molar-refractivity contribution in [3.63, 3.8) is 0 Å². The van der Waals surface area contributed by atoms with Gasteiger partial charge in [0.25, 0.3) is 0 Å². The smallest absolute Gasteiger partial charge is 0.407 e. The van der Waals surface area contributed by atoms with Crippen LogP contribution in [0.2, 0.25) is 10.0 Å². The summed E-state index contributed by atoms with van der Waals surface area (Å²) in [6, 6.07) is 7.74. The van der Waals surface area contributed by atoms with E-state index in [1.165, 1.54) is 6.20 Å². The fourth-order valence-corrected chi connectivity index (χ4v) is 7.44. The molecule has 3 unspecified atom stereocenters. The van der Waals surface area contributed by atoms with Gasteiger partial charge in [0.2, 0.25) is 5.95 Å². The Kier molecular flexibility index (Phi) is 7.36. The molecule has 4 saturated carbocycles. The molecule has 4 aliphatic rings. The van der Waals surface area contributed by atoms with Gasteiger partial charge in [-0.25, -0.2) is 9.78 Å². The summed E-state index contributed by atoms with van der Waals surface area (Å²) in [5.74, 6) is 2.47. The minimum atomic E-state index is -0.509. The van der Waals surface area contributed by atoms with E-state index in [4.69, 9.17) is 27.9 Å². The predicted octanol–water partition coefficient (Wildman–Crippen LogP) is 6.40. The number of hydrogen-bond donors (Lipinski definition) is 3. The summed E-state index contributed by atoms with van der Waals surface area (Å²) in [4.78, 5) is 21.4. The normalized spacial score (nSPS) is 27.5. The van der Waals surface area contributed by atoms with E-state index in [1.54, 1.807) is 18.2 Å². The highest BCUT2D eigenvalue weighted by molar-refractivity contribution is 6.36. The zero-order chi connectivity index (χ0) is 27.1. The lowest BCUT2D eigenvalue weighted by Crippen LogP contribution is -2.60. The summed E-state index contributed by atoms with van der Waals surface area (Å²) < 4.78 is 5.54. The largest absolute Gasteiger partial charge is 0.444 e. The van der Waals surface area contributed by atoms with Gasteiger partial charge in [-0.2, -0.15) is 10.2 Å². The molecule has 4 bridgehead atoms. The summed E-state index contributed by atoms with van der Waals surface area (Å²) >= 11 is 12.6. The molecule has 5 atom stereocenters. The maximum absolute atomic E-state index is 12.5. The molecule has 3 N–H and O–H groups in total. The zero-order valence-corrected chi connectivity index (χ0v) is 23.5. The Balaban J connectivity index is 1.25. The van der Waals surface area contributed by atoms with Crippen LogP contribution in [0.25, 0.3) is 0 Å². The van der Waals surface area contributed by atoms with Gasteiger partial charge in [0.1, 0.15) is 23.1 Å². The number of amides is 1. The Morgan fingerprint density at radius 3 is 2.47 bits per heavy atom. The topological polar surface area (TPSA) is 112 Å². The third-order valence-corrected chi connectivity index (χ3v) is 8.82. The van der Waals surface area contributed by atoms with Gasteiger partial charge in [0.15, 0.2) is 0 Å². The lowest BCUT2D eigenvalue weighted by atomic mass is 9.48. The number of carbonyl (C=O) groups excluding carboxylic acids is 1. The lowest BCUT2D eigenvalue weighted by molar-refractivity contribution is -0.0703. The quantitative estimate of drug-likeness (QED) is 0.361. The molecule has 2 aromatic rings. The molecule has 38 heavy (non-hydrogen) atoms. The molecule has 1 amide bonds. The Labute approximate surface area is 233 Å². The van der Waals surface area contributed by atoms with Crippen LogP contribution in [0.5, 0.6) is 0 Å². The Morgan fingerprint density at radius 2 is 1.84 bits per heavy atom. The summed E-state index contributed by atoms with van der Waals surface area (Å²) in [6.07, 6.45) is 6.75. The van der Waals surface area contributed by atoms with Crippen LogP contribution < -0.4 is 16.0 Å². The molecule has 0 spiro atoms. The summed E-state index contributed by atoms with van der Waals surface area (Å²) in [7, 11) is 0. The second kappa shape index (κ2) is 10.4. The Bertz CT molecular complexity index is 1220. The number of nitrogens with one attached hydrogen (secondary N) is 3. The third kappa shape index (κ3) is 5.79. The van der Waals surface area contributed by atoms with Crippen molar-refractivity contribution in [3.8, 4) is 6.07 Å². The molecule has 10 heteroatoms.